The maximum atomic E-state index is 4.49. The topological polar surface area (TPSA) is 57.7 Å². The third-order valence-corrected chi connectivity index (χ3v) is 4.35. The average molecular weight is 299 g/mol. The number of piperidine rings is 1. The van der Waals surface area contributed by atoms with Crippen molar-refractivity contribution >= 4 is 0 Å². The Kier molecular flexibility index (Phi) is 5.16. The van der Waals surface area contributed by atoms with Crippen molar-refractivity contribution in [1.82, 2.24) is 24.8 Å². The van der Waals surface area contributed by atoms with E-state index in [0.29, 0.717) is 5.92 Å². The molecule has 1 saturated heterocycles. The predicted molar refractivity (Wildman–Crippen MR) is 86.5 cm³/mol. The zero-order valence-electron chi connectivity index (χ0n) is 13.3. The average Bonchev–Trinajstić information content (AvgIpc) is 3.01. The maximum absolute atomic E-state index is 4.49. The Labute approximate surface area is 132 Å². The van der Waals surface area contributed by atoms with E-state index in [1.807, 2.05) is 12.4 Å². The Morgan fingerprint density at radius 3 is 3.05 bits per heavy atom. The molecule has 1 unspecified atom stereocenters. The molecule has 5 nitrogen and oxygen atoms in total. The van der Waals surface area contributed by atoms with Crippen LogP contribution in [0.3, 0.4) is 0 Å². The number of aromatic amines is 1. The van der Waals surface area contributed by atoms with Crippen LogP contribution < -0.4 is 0 Å². The summed E-state index contributed by atoms with van der Waals surface area (Å²) in [6, 6.07) is 0. The molecule has 5 heteroatoms. The standard InChI is InChI=1S/C17H25N5/c1-2-3-6-17-20-10-15(21-17)13-22-9-4-5-14(12-22)16-11-18-7-8-19-16/h7-8,10-11,14H,2-6,9,12-13H2,1H3,(H,20,21). The molecule has 0 spiro atoms. The summed E-state index contributed by atoms with van der Waals surface area (Å²) in [6.07, 6.45) is 13.3. The highest BCUT2D eigenvalue weighted by Gasteiger charge is 2.22. The van der Waals surface area contributed by atoms with Crippen LogP contribution in [0.25, 0.3) is 0 Å². The van der Waals surface area contributed by atoms with E-state index < -0.39 is 0 Å². The second-order valence-electron chi connectivity index (χ2n) is 6.16. The molecular weight excluding hydrogens is 274 g/mol. The second-order valence-corrected chi connectivity index (χ2v) is 6.16. The van der Waals surface area contributed by atoms with E-state index in [9.17, 15) is 0 Å². The lowest BCUT2D eigenvalue weighted by atomic mass is 9.95. The van der Waals surface area contributed by atoms with Gasteiger partial charge in [-0.3, -0.25) is 14.9 Å². The minimum atomic E-state index is 0.505. The summed E-state index contributed by atoms with van der Waals surface area (Å²) in [5.74, 6) is 1.63. The van der Waals surface area contributed by atoms with E-state index in [0.717, 1.165) is 37.6 Å². The van der Waals surface area contributed by atoms with Gasteiger partial charge in [-0.15, -0.1) is 0 Å². The van der Waals surface area contributed by atoms with Gasteiger partial charge in [0.05, 0.1) is 5.69 Å². The number of imidazole rings is 1. The molecule has 2 aromatic heterocycles. The molecule has 3 heterocycles. The first-order chi connectivity index (χ1) is 10.8. The van der Waals surface area contributed by atoms with E-state index in [1.54, 1.807) is 12.4 Å². The zero-order valence-corrected chi connectivity index (χ0v) is 13.3. The van der Waals surface area contributed by atoms with Gasteiger partial charge in [0.2, 0.25) is 0 Å². The predicted octanol–water partition coefficient (Wildman–Crippen LogP) is 2.92. The van der Waals surface area contributed by atoms with Crippen LogP contribution in [0.1, 0.15) is 55.7 Å². The molecule has 2 aromatic rings. The Morgan fingerprint density at radius 2 is 2.23 bits per heavy atom. The third-order valence-electron chi connectivity index (χ3n) is 4.35. The molecule has 0 aromatic carbocycles. The minimum absolute atomic E-state index is 0.505. The van der Waals surface area contributed by atoms with Crippen LogP contribution in [-0.4, -0.2) is 37.9 Å². The van der Waals surface area contributed by atoms with Crippen LogP contribution in [0.5, 0.6) is 0 Å². The fourth-order valence-corrected chi connectivity index (χ4v) is 3.16. The monoisotopic (exact) mass is 299 g/mol. The van der Waals surface area contributed by atoms with E-state index in [-0.39, 0.29) is 0 Å². The molecule has 1 aliphatic rings. The molecular formula is C17H25N5. The van der Waals surface area contributed by atoms with Gasteiger partial charge in [0.15, 0.2) is 0 Å². The van der Waals surface area contributed by atoms with Gasteiger partial charge >= 0.3 is 0 Å². The summed E-state index contributed by atoms with van der Waals surface area (Å²) < 4.78 is 0. The molecule has 0 amide bonds. The summed E-state index contributed by atoms with van der Waals surface area (Å²) in [5.41, 5.74) is 2.35. The van der Waals surface area contributed by atoms with Gasteiger partial charge in [-0.05, 0) is 25.8 Å². The number of rotatable bonds is 6. The van der Waals surface area contributed by atoms with Crippen LogP contribution in [0.2, 0.25) is 0 Å². The molecule has 1 fully saturated rings. The van der Waals surface area contributed by atoms with Gasteiger partial charge in [0, 0.05) is 55.9 Å². The van der Waals surface area contributed by atoms with Gasteiger partial charge in [-0.25, -0.2) is 4.98 Å². The van der Waals surface area contributed by atoms with Crippen molar-refractivity contribution in [2.75, 3.05) is 13.1 Å². The van der Waals surface area contributed by atoms with Gasteiger partial charge in [0.25, 0.3) is 0 Å². The Morgan fingerprint density at radius 1 is 1.27 bits per heavy atom. The molecule has 0 bridgehead atoms. The molecule has 22 heavy (non-hydrogen) atoms. The maximum Gasteiger partial charge on any atom is 0.106 e. The summed E-state index contributed by atoms with van der Waals surface area (Å²) in [5, 5.41) is 0. The lowest BCUT2D eigenvalue weighted by Gasteiger charge is -2.31. The van der Waals surface area contributed by atoms with Gasteiger partial charge < -0.3 is 4.98 Å². The van der Waals surface area contributed by atoms with E-state index in [1.165, 1.54) is 31.4 Å². The van der Waals surface area contributed by atoms with Crippen molar-refractivity contribution < 1.29 is 0 Å². The SMILES string of the molecule is CCCCc1ncc(CN2CCCC(c3cnccn3)C2)[nH]1. The number of unbranched alkanes of at least 4 members (excludes halogenated alkanes) is 1. The first kappa shape index (κ1) is 15.2. The number of nitrogens with one attached hydrogen (secondary N) is 1. The van der Waals surface area contributed by atoms with Crippen LogP contribution in [0.4, 0.5) is 0 Å². The van der Waals surface area contributed by atoms with Crippen molar-refractivity contribution in [3.63, 3.8) is 0 Å². The lowest BCUT2D eigenvalue weighted by Crippen LogP contribution is -2.34. The molecule has 118 valence electrons. The van der Waals surface area contributed by atoms with Gasteiger partial charge in [0.1, 0.15) is 5.82 Å². The summed E-state index contributed by atoms with van der Waals surface area (Å²) in [4.78, 5) is 19.1. The molecule has 0 saturated carbocycles. The highest BCUT2D eigenvalue weighted by molar-refractivity contribution is 5.07. The molecule has 3 rings (SSSR count). The zero-order chi connectivity index (χ0) is 15.2. The summed E-state index contributed by atoms with van der Waals surface area (Å²) in [7, 11) is 0. The Bertz CT molecular complexity index is 565. The fourth-order valence-electron chi connectivity index (χ4n) is 3.16. The normalized spacial score (nSPS) is 19.4. The lowest BCUT2D eigenvalue weighted by molar-refractivity contribution is 0.196. The third kappa shape index (κ3) is 3.91. The van der Waals surface area contributed by atoms with Crippen LogP contribution in [-0.2, 0) is 13.0 Å². The molecule has 1 atom stereocenters. The number of nitrogens with zero attached hydrogens (tertiary/aromatic N) is 4. The molecule has 1 aliphatic heterocycles. The van der Waals surface area contributed by atoms with Crippen molar-refractivity contribution in [3.8, 4) is 0 Å². The molecule has 1 N–H and O–H groups in total. The molecule has 0 radical (unpaired) electrons. The van der Waals surface area contributed by atoms with Crippen molar-refractivity contribution in [3.05, 3.63) is 42.0 Å². The van der Waals surface area contributed by atoms with E-state index in [4.69, 9.17) is 0 Å². The highest BCUT2D eigenvalue weighted by atomic mass is 15.1. The number of aromatic nitrogens is 4. The quantitative estimate of drug-likeness (QED) is 0.891. The fraction of sp³-hybridized carbons (Fsp3) is 0.588. The largest absolute Gasteiger partial charge is 0.345 e. The first-order valence-corrected chi connectivity index (χ1v) is 8.36. The van der Waals surface area contributed by atoms with Crippen molar-refractivity contribution in [1.29, 1.82) is 0 Å². The Balaban J connectivity index is 1.57. The minimum Gasteiger partial charge on any atom is -0.345 e. The van der Waals surface area contributed by atoms with Crippen LogP contribution in [0, 0.1) is 0 Å². The van der Waals surface area contributed by atoms with Gasteiger partial charge in [-0.1, -0.05) is 13.3 Å². The highest BCUT2D eigenvalue weighted by Crippen LogP contribution is 2.25. The Hall–Kier alpha value is -1.75. The smallest absolute Gasteiger partial charge is 0.106 e. The van der Waals surface area contributed by atoms with E-state index >= 15 is 0 Å². The number of hydrogen-bond acceptors (Lipinski definition) is 4. The summed E-state index contributed by atoms with van der Waals surface area (Å²) in [6.45, 7) is 5.38. The number of likely N-dealkylation sites (tertiary alicyclic amines) is 1. The van der Waals surface area contributed by atoms with Crippen LogP contribution >= 0.6 is 0 Å². The first-order valence-electron chi connectivity index (χ1n) is 8.36. The van der Waals surface area contributed by atoms with Crippen molar-refractivity contribution in [2.24, 2.45) is 0 Å². The van der Waals surface area contributed by atoms with Crippen molar-refractivity contribution in [2.45, 2.75) is 51.5 Å². The number of hydrogen-bond donors (Lipinski definition) is 1. The number of aryl methyl sites for hydroxylation is 1. The molecule has 0 aliphatic carbocycles. The van der Waals surface area contributed by atoms with Gasteiger partial charge in [-0.2, -0.15) is 0 Å². The van der Waals surface area contributed by atoms with E-state index in [2.05, 4.69) is 31.8 Å². The van der Waals surface area contributed by atoms with Crippen LogP contribution in [0.15, 0.2) is 24.8 Å². The number of H-pyrrole nitrogens is 1. The second kappa shape index (κ2) is 7.49. The summed E-state index contributed by atoms with van der Waals surface area (Å²) >= 11 is 0.